The highest BCUT2D eigenvalue weighted by molar-refractivity contribution is 5.25. The van der Waals surface area contributed by atoms with E-state index in [4.69, 9.17) is 10.00 Å². The van der Waals surface area contributed by atoms with Gasteiger partial charge in [-0.25, -0.2) is 9.97 Å². The number of nitriles is 1. The molecule has 2 aromatic heterocycles. The van der Waals surface area contributed by atoms with Crippen LogP contribution in [0.3, 0.4) is 0 Å². The summed E-state index contributed by atoms with van der Waals surface area (Å²) < 4.78 is 5.00. The van der Waals surface area contributed by atoms with Crippen LogP contribution in [0.2, 0.25) is 0 Å². The van der Waals surface area contributed by atoms with Crippen LogP contribution in [0.15, 0.2) is 36.7 Å². The van der Waals surface area contributed by atoms with Crippen molar-refractivity contribution in [3.63, 3.8) is 0 Å². The van der Waals surface area contributed by atoms with Crippen LogP contribution in [0.25, 0.3) is 0 Å². The minimum absolute atomic E-state index is 0.436. The van der Waals surface area contributed by atoms with E-state index in [2.05, 4.69) is 15.3 Å². The SMILES string of the molecule is COc1ccc(CNCc2ccnc(C#N)c2)cn1. The Morgan fingerprint density at radius 1 is 1.21 bits per heavy atom. The van der Waals surface area contributed by atoms with Gasteiger partial charge in [0.05, 0.1) is 7.11 Å². The van der Waals surface area contributed by atoms with Crippen LogP contribution in [-0.4, -0.2) is 17.1 Å². The monoisotopic (exact) mass is 254 g/mol. The van der Waals surface area contributed by atoms with E-state index in [0.717, 1.165) is 11.1 Å². The summed E-state index contributed by atoms with van der Waals surface area (Å²) >= 11 is 0. The quantitative estimate of drug-likeness (QED) is 0.878. The highest BCUT2D eigenvalue weighted by Gasteiger charge is 1.98. The van der Waals surface area contributed by atoms with E-state index >= 15 is 0 Å². The van der Waals surface area contributed by atoms with Gasteiger partial charge in [0.15, 0.2) is 0 Å². The third kappa shape index (κ3) is 3.76. The molecular formula is C14H14N4O. The molecule has 2 rings (SSSR count). The number of hydrogen-bond donors (Lipinski definition) is 1. The molecule has 0 saturated carbocycles. The molecule has 0 unspecified atom stereocenters. The fraction of sp³-hybridized carbons (Fsp3) is 0.214. The first-order valence-electron chi connectivity index (χ1n) is 5.86. The van der Waals surface area contributed by atoms with E-state index in [1.807, 2.05) is 24.3 Å². The molecule has 0 amide bonds. The molecule has 2 heterocycles. The van der Waals surface area contributed by atoms with Gasteiger partial charge in [-0.1, -0.05) is 6.07 Å². The summed E-state index contributed by atoms with van der Waals surface area (Å²) in [6.45, 7) is 1.39. The van der Waals surface area contributed by atoms with Crippen LogP contribution in [0.1, 0.15) is 16.8 Å². The van der Waals surface area contributed by atoms with Crippen LogP contribution in [0.4, 0.5) is 0 Å². The molecule has 0 radical (unpaired) electrons. The maximum absolute atomic E-state index is 8.76. The lowest BCUT2D eigenvalue weighted by Gasteiger charge is -2.05. The predicted octanol–water partition coefficient (Wildman–Crippen LogP) is 1.65. The summed E-state index contributed by atoms with van der Waals surface area (Å²) in [7, 11) is 1.59. The molecule has 0 aliphatic rings. The third-order valence-electron chi connectivity index (χ3n) is 2.60. The molecule has 2 aromatic rings. The van der Waals surface area contributed by atoms with E-state index in [9.17, 15) is 0 Å². The van der Waals surface area contributed by atoms with Crippen LogP contribution < -0.4 is 10.1 Å². The first kappa shape index (κ1) is 13.0. The van der Waals surface area contributed by atoms with E-state index in [1.165, 1.54) is 0 Å². The summed E-state index contributed by atoms with van der Waals surface area (Å²) in [5.41, 5.74) is 2.55. The van der Waals surface area contributed by atoms with Crippen LogP contribution >= 0.6 is 0 Å². The van der Waals surface area contributed by atoms with Crippen molar-refractivity contribution >= 4 is 0 Å². The average Bonchev–Trinajstić information content (AvgIpc) is 2.48. The Kier molecular flexibility index (Phi) is 4.43. The van der Waals surface area contributed by atoms with E-state index in [-0.39, 0.29) is 0 Å². The van der Waals surface area contributed by atoms with Crippen molar-refractivity contribution in [2.24, 2.45) is 0 Å². The molecule has 0 fully saturated rings. The van der Waals surface area contributed by atoms with Gasteiger partial charge in [-0.3, -0.25) is 0 Å². The lowest BCUT2D eigenvalue weighted by Crippen LogP contribution is -2.13. The number of nitrogens with zero attached hydrogens (tertiary/aromatic N) is 3. The van der Waals surface area contributed by atoms with Gasteiger partial charge in [0.25, 0.3) is 0 Å². The minimum atomic E-state index is 0.436. The van der Waals surface area contributed by atoms with Gasteiger partial charge >= 0.3 is 0 Å². The minimum Gasteiger partial charge on any atom is -0.481 e. The molecule has 5 nitrogen and oxygen atoms in total. The molecule has 0 aliphatic heterocycles. The molecule has 0 bridgehead atoms. The molecule has 19 heavy (non-hydrogen) atoms. The summed E-state index contributed by atoms with van der Waals surface area (Å²) in [6, 6.07) is 9.49. The lowest BCUT2D eigenvalue weighted by molar-refractivity contribution is 0.397. The van der Waals surface area contributed by atoms with Crippen LogP contribution in [-0.2, 0) is 13.1 Å². The van der Waals surface area contributed by atoms with Gasteiger partial charge in [0.1, 0.15) is 11.8 Å². The van der Waals surface area contributed by atoms with Gasteiger partial charge in [-0.05, 0) is 23.3 Å². The Labute approximate surface area is 111 Å². The van der Waals surface area contributed by atoms with Crippen LogP contribution in [0.5, 0.6) is 5.88 Å². The molecule has 96 valence electrons. The van der Waals surface area contributed by atoms with Crippen molar-refractivity contribution < 1.29 is 4.74 Å². The van der Waals surface area contributed by atoms with E-state index in [0.29, 0.717) is 24.7 Å². The summed E-state index contributed by atoms with van der Waals surface area (Å²) in [6.07, 6.45) is 3.42. The highest BCUT2D eigenvalue weighted by atomic mass is 16.5. The van der Waals surface area contributed by atoms with Crippen molar-refractivity contribution in [2.45, 2.75) is 13.1 Å². The van der Waals surface area contributed by atoms with Gasteiger partial charge in [-0.2, -0.15) is 5.26 Å². The zero-order valence-electron chi connectivity index (χ0n) is 10.6. The second-order valence-electron chi connectivity index (χ2n) is 3.97. The zero-order valence-corrected chi connectivity index (χ0v) is 10.6. The van der Waals surface area contributed by atoms with Gasteiger partial charge in [-0.15, -0.1) is 0 Å². The Balaban J connectivity index is 1.87. The average molecular weight is 254 g/mol. The Hall–Kier alpha value is -2.45. The first-order valence-corrected chi connectivity index (χ1v) is 5.86. The molecule has 0 aliphatic carbocycles. The standard InChI is InChI=1S/C14H14N4O/c1-19-14-3-2-12(10-18-14)9-16-8-11-4-5-17-13(6-11)7-15/h2-6,10,16H,8-9H2,1H3. The fourth-order valence-electron chi connectivity index (χ4n) is 1.63. The molecule has 5 heteroatoms. The highest BCUT2D eigenvalue weighted by Crippen LogP contribution is 2.07. The summed E-state index contributed by atoms with van der Waals surface area (Å²) in [4.78, 5) is 8.07. The maximum atomic E-state index is 8.76. The molecule has 0 aromatic carbocycles. The number of hydrogen-bond acceptors (Lipinski definition) is 5. The zero-order chi connectivity index (χ0) is 13.5. The normalized spacial score (nSPS) is 9.89. The van der Waals surface area contributed by atoms with Crippen molar-refractivity contribution in [1.82, 2.24) is 15.3 Å². The Morgan fingerprint density at radius 3 is 2.74 bits per heavy atom. The number of pyridine rings is 2. The number of nitrogens with one attached hydrogen (secondary N) is 1. The number of rotatable bonds is 5. The molecule has 0 saturated heterocycles. The van der Waals surface area contributed by atoms with E-state index < -0.39 is 0 Å². The van der Waals surface area contributed by atoms with Crippen molar-refractivity contribution in [3.05, 3.63) is 53.5 Å². The van der Waals surface area contributed by atoms with Crippen LogP contribution in [0, 0.1) is 11.3 Å². The van der Waals surface area contributed by atoms with Gasteiger partial charge < -0.3 is 10.1 Å². The lowest BCUT2D eigenvalue weighted by atomic mass is 10.2. The Bertz CT molecular complexity index is 575. The maximum Gasteiger partial charge on any atom is 0.212 e. The number of aromatic nitrogens is 2. The Morgan fingerprint density at radius 2 is 2.05 bits per heavy atom. The molecule has 1 N–H and O–H groups in total. The number of ether oxygens (including phenoxy) is 1. The molecular weight excluding hydrogens is 240 g/mol. The third-order valence-corrected chi connectivity index (χ3v) is 2.60. The topological polar surface area (TPSA) is 70.8 Å². The molecule has 0 atom stereocenters. The second kappa shape index (κ2) is 6.47. The first-order chi connectivity index (χ1) is 9.31. The van der Waals surface area contributed by atoms with Gasteiger partial charge in [0, 0.05) is 31.5 Å². The van der Waals surface area contributed by atoms with Crippen molar-refractivity contribution in [1.29, 1.82) is 5.26 Å². The summed E-state index contributed by atoms with van der Waals surface area (Å²) in [5, 5.41) is 12.1. The number of methoxy groups -OCH3 is 1. The predicted molar refractivity (Wildman–Crippen MR) is 70.3 cm³/mol. The second-order valence-corrected chi connectivity index (χ2v) is 3.97. The smallest absolute Gasteiger partial charge is 0.212 e. The van der Waals surface area contributed by atoms with Gasteiger partial charge in [0.2, 0.25) is 5.88 Å². The summed E-state index contributed by atoms with van der Waals surface area (Å²) in [5.74, 6) is 0.608. The fourth-order valence-corrected chi connectivity index (χ4v) is 1.63. The van der Waals surface area contributed by atoms with E-state index in [1.54, 1.807) is 25.6 Å². The van der Waals surface area contributed by atoms with Crippen molar-refractivity contribution in [3.8, 4) is 11.9 Å². The molecule has 0 spiro atoms. The largest absolute Gasteiger partial charge is 0.481 e. The van der Waals surface area contributed by atoms with Crippen molar-refractivity contribution in [2.75, 3.05) is 7.11 Å².